The number of allylic oxidation sites excluding steroid dienone is 1. The monoisotopic (exact) mass is 282 g/mol. The van der Waals surface area contributed by atoms with E-state index in [2.05, 4.69) is 0 Å². The molecule has 0 heterocycles. The maximum Gasteiger partial charge on any atom is 0.575 e. The molecule has 104 valence electrons. The first kappa shape index (κ1) is 17.5. The third kappa shape index (κ3) is 6.27. The van der Waals surface area contributed by atoms with E-state index in [1.165, 1.54) is 6.08 Å². The summed E-state index contributed by atoms with van der Waals surface area (Å²) in [6.45, 7) is 4.23. The van der Waals surface area contributed by atoms with E-state index in [-0.39, 0.29) is 26.2 Å². The molecule has 0 radical (unpaired) electrons. The Morgan fingerprint density at radius 2 is 1.84 bits per heavy atom. The first-order valence-corrected chi connectivity index (χ1v) is 7.76. The van der Waals surface area contributed by atoms with Gasteiger partial charge in [0.15, 0.2) is 0 Å². The third-order valence-electron chi connectivity index (χ3n) is 2.02. The van der Waals surface area contributed by atoms with Crippen LogP contribution >= 0.6 is 0 Å². The van der Waals surface area contributed by atoms with E-state index in [9.17, 15) is 4.79 Å². The molecular formula is C12H18N2O4Si. The zero-order valence-electron chi connectivity index (χ0n) is 11.2. The summed E-state index contributed by atoms with van der Waals surface area (Å²) in [6.07, 6.45) is 3.15. The minimum Gasteiger partial charge on any atom is -0.369 e. The van der Waals surface area contributed by atoms with Gasteiger partial charge in [0.05, 0.1) is 18.6 Å². The second kappa shape index (κ2) is 10.4. The Balaban J connectivity index is 4.72. The minimum atomic E-state index is -3.46. The van der Waals surface area contributed by atoms with Crippen LogP contribution in [-0.4, -0.2) is 34.0 Å². The quantitative estimate of drug-likeness (QED) is 0.342. The third-order valence-corrected chi connectivity index (χ3v) is 4.80. The second-order valence-electron chi connectivity index (χ2n) is 3.35. The summed E-state index contributed by atoms with van der Waals surface area (Å²) in [5.74, 6) is 0. The van der Waals surface area contributed by atoms with Crippen LogP contribution in [0.15, 0.2) is 12.2 Å². The summed E-state index contributed by atoms with van der Waals surface area (Å²) in [4.78, 5) is 12.0. The van der Waals surface area contributed by atoms with Gasteiger partial charge in [-0.15, -0.1) is 0 Å². The number of hydrogen-bond donors (Lipinski definition) is 0. The molecule has 0 spiro atoms. The van der Waals surface area contributed by atoms with Gasteiger partial charge in [0, 0.05) is 25.9 Å². The van der Waals surface area contributed by atoms with Crippen LogP contribution in [-0.2, 0) is 18.1 Å². The van der Waals surface area contributed by atoms with Gasteiger partial charge < -0.3 is 13.3 Å². The second-order valence-corrected chi connectivity index (χ2v) is 5.88. The molecule has 0 aliphatic rings. The van der Waals surface area contributed by atoms with E-state index in [1.807, 2.05) is 6.07 Å². The lowest BCUT2D eigenvalue weighted by molar-refractivity contribution is -0.118. The maximum atomic E-state index is 12.0. The largest absolute Gasteiger partial charge is 0.575 e. The summed E-state index contributed by atoms with van der Waals surface area (Å²) >= 11 is 0. The van der Waals surface area contributed by atoms with E-state index in [4.69, 9.17) is 23.8 Å². The van der Waals surface area contributed by atoms with Crippen LogP contribution in [0, 0.1) is 22.7 Å². The molecule has 7 heteroatoms. The molecule has 0 atom stereocenters. The fourth-order valence-electron chi connectivity index (χ4n) is 1.32. The Hall–Kier alpha value is -1.51. The SMILES string of the molecule is CCO[Si](OCC)(OCCC=CC#N)C(=O)CC#N. The van der Waals surface area contributed by atoms with Crippen molar-refractivity contribution < 1.29 is 18.1 Å². The predicted octanol–water partition coefficient (Wildman–Crippen LogP) is 1.51. The lowest BCUT2D eigenvalue weighted by atomic mass is 10.4. The Morgan fingerprint density at radius 3 is 2.32 bits per heavy atom. The van der Waals surface area contributed by atoms with Gasteiger partial charge in [0.1, 0.15) is 0 Å². The first-order valence-electron chi connectivity index (χ1n) is 6.03. The number of rotatable bonds is 10. The van der Waals surface area contributed by atoms with Crippen molar-refractivity contribution in [1.82, 2.24) is 0 Å². The molecule has 0 saturated carbocycles. The van der Waals surface area contributed by atoms with Crippen LogP contribution in [0.25, 0.3) is 0 Å². The van der Waals surface area contributed by atoms with Gasteiger partial charge in [-0.1, -0.05) is 6.08 Å². The van der Waals surface area contributed by atoms with Gasteiger partial charge in [-0.2, -0.15) is 10.5 Å². The standard InChI is InChI=1S/C12H18N2O4Si/c1-3-16-19(17-4-2,12(15)8-10-14)18-11-7-5-6-9-13/h5-6H,3-4,7-8,11H2,1-2H3. The smallest absolute Gasteiger partial charge is 0.369 e. The van der Waals surface area contributed by atoms with Crippen LogP contribution in [0.2, 0.25) is 0 Å². The van der Waals surface area contributed by atoms with Crippen molar-refractivity contribution in [3.63, 3.8) is 0 Å². The number of carbonyl (C=O) groups excluding carboxylic acids is 1. The molecule has 0 amide bonds. The van der Waals surface area contributed by atoms with Crippen molar-refractivity contribution in [3.8, 4) is 12.1 Å². The van der Waals surface area contributed by atoms with E-state index < -0.39 is 14.2 Å². The molecule has 0 aliphatic carbocycles. The Morgan fingerprint density at radius 1 is 1.21 bits per heavy atom. The maximum absolute atomic E-state index is 12.0. The van der Waals surface area contributed by atoms with E-state index in [1.54, 1.807) is 26.0 Å². The van der Waals surface area contributed by atoms with Gasteiger partial charge in [-0.05, 0) is 20.3 Å². The van der Waals surface area contributed by atoms with Crippen molar-refractivity contribution in [2.24, 2.45) is 0 Å². The molecule has 0 saturated heterocycles. The lowest BCUT2D eigenvalue weighted by Crippen LogP contribution is -2.54. The van der Waals surface area contributed by atoms with Crippen molar-refractivity contribution >= 4 is 14.2 Å². The Bertz CT molecular complexity index is 378. The average Bonchev–Trinajstić information content (AvgIpc) is 2.39. The normalized spacial score (nSPS) is 11.2. The number of nitrogens with zero attached hydrogens (tertiary/aromatic N) is 2. The molecule has 0 bridgehead atoms. The van der Waals surface area contributed by atoms with Gasteiger partial charge in [-0.3, -0.25) is 4.79 Å². The molecular weight excluding hydrogens is 264 g/mol. The van der Waals surface area contributed by atoms with Crippen LogP contribution in [0.5, 0.6) is 0 Å². The van der Waals surface area contributed by atoms with Gasteiger partial charge >= 0.3 is 8.80 Å². The van der Waals surface area contributed by atoms with Crippen LogP contribution in [0.3, 0.4) is 0 Å². The lowest BCUT2D eigenvalue weighted by Gasteiger charge is -2.26. The zero-order chi connectivity index (χ0) is 14.6. The Kier molecular flexibility index (Phi) is 9.58. The van der Waals surface area contributed by atoms with E-state index >= 15 is 0 Å². The molecule has 0 aromatic heterocycles. The number of carbonyl (C=O) groups is 1. The van der Waals surface area contributed by atoms with Crippen LogP contribution < -0.4 is 0 Å². The van der Waals surface area contributed by atoms with E-state index in [0.717, 1.165) is 0 Å². The minimum absolute atomic E-state index is 0.210. The molecule has 0 rings (SSSR count). The summed E-state index contributed by atoms with van der Waals surface area (Å²) in [7, 11) is -3.46. The molecule has 19 heavy (non-hydrogen) atoms. The van der Waals surface area contributed by atoms with Crippen molar-refractivity contribution in [3.05, 3.63) is 12.2 Å². The van der Waals surface area contributed by atoms with Gasteiger partial charge in [-0.25, -0.2) is 0 Å². The van der Waals surface area contributed by atoms with Crippen molar-refractivity contribution in [2.45, 2.75) is 26.7 Å². The van der Waals surface area contributed by atoms with Crippen LogP contribution in [0.4, 0.5) is 0 Å². The molecule has 0 aromatic carbocycles. The highest BCUT2D eigenvalue weighted by atomic mass is 28.4. The Labute approximate surface area is 114 Å². The van der Waals surface area contributed by atoms with Gasteiger partial charge in [0.2, 0.25) is 5.41 Å². The molecule has 0 aromatic rings. The topological polar surface area (TPSA) is 92.3 Å². The summed E-state index contributed by atoms with van der Waals surface area (Å²) in [5, 5.41) is 16.5. The number of hydrogen-bond acceptors (Lipinski definition) is 6. The summed E-state index contributed by atoms with van der Waals surface area (Å²) < 4.78 is 16.3. The molecule has 0 aliphatic heterocycles. The first-order chi connectivity index (χ1) is 9.16. The van der Waals surface area contributed by atoms with Gasteiger partial charge in [0.25, 0.3) is 0 Å². The number of nitriles is 2. The highest BCUT2D eigenvalue weighted by Crippen LogP contribution is 2.14. The highest BCUT2D eigenvalue weighted by molar-refractivity contribution is 6.92. The molecule has 6 nitrogen and oxygen atoms in total. The summed E-state index contributed by atoms with van der Waals surface area (Å²) in [5.41, 5.74) is 0. The molecule has 0 N–H and O–H groups in total. The van der Waals surface area contributed by atoms with Crippen LogP contribution in [0.1, 0.15) is 26.7 Å². The zero-order valence-corrected chi connectivity index (χ0v) is 12.2. The van der Waals surface area contributed by atoms with E-state index in [0.29, 0.717) is 6.42 Å². The summed E-state index contributed by atoms with van der Waals surface area (Å²) in [6, 6.07) is 3.65. The predicted molar refractivity (Wildman–Crippen MR) is 69.6 cm³/mol. The highest BCUT2D eigenvalue weighted by Gasteiger charge is 2.49. The fourth-order valence-corrected chi connectivity index (χ4v) is 3.50. The van der Waals surface area contributed by atoms with Crippen molar-refractivity contribution in [2.75, 3.05) is 19.8 Å². The van der Waals surface area contributed by atoms with Crippen molar-refractivity contribution in [1.29, 1.82) is 10.5 Å². The fraction of sp³-hybridized carbons (Fsp3) is 0.583. The molecule has 0 fully saturated rings. The molecule has 0 unspecified atom stereocenters. The average molecular weight is 282 g/mol.